The van der Waals surface area contributed by atoms with E-state index in [4.69, 9.17) is 19.7 Å². The quantitative estimate of drug-likeness (QED) is 0.612. The molecule has 4 nitrogen and oxygen atoms in total. The van der Waals surface area contributed by atoms with Crippen LogP contribution in [0, 0.1) is 0 Å². The first-order valence-electron chi connectivity index (χ1n) is 4.21. The predicted octanol–water partition coefficient (Wildman–Crippen LogP) is 0.724. The Morgan fingerprint density at radius 2 is 1.33 bits per heavy atom. The molecule has 0 bridgehead atoms. The lowest BCUT2D eigenvalue weighted by atomic mass is 10.5. The lowest BCUT2D eigenvalue weighted by molar-refractivity contribution is -0.136. The molecule has 0 amide bonds. The summed E-state index contributed by atoms with van der Waals surface area (Å²) in [6.45, 7) is 6.72. The Labute approximate surface area is 74.1 Å². The van der Waals surface area contributed by atoms with Gasteiger partial charge in [0.05, 0.1) is 0 Å². The Kier molecular flexibility index (Phi) is 16.1. The minimum Gasteiger partial charge on any atom is -0.371 e. The van der Waals surface area contributed by atoms with Crippen molar-refractivity contribution < 1.29 is 19.7 Å². The third-order valence-corrected chi connectivity index (χ3v) is 1.04. The number of rotatable bonds is 5. The van der Waals surface area contributed by atoms with Crippen LogP contribution in [0.4, 0.5) is 0 Å². The van der Waals surface area contributed by atoms with Gasteiger partial charge in [-0.15, -0.1) is 0 Å². The summed E-state index contributed by atoms with van der Waals surface area (Å²) in [7, 11) is 0. The van der Waals surface area contributed by atoms with Gasteiger partial charge in [-0.25, -0.2) is 0 Å². The first-order valence-corrected chi connectivity index (χ1v) is 4.21. The predicted molar refractivity (Wildman–Crippen MR) is 46.6 cm³/mol. The van der Waals surface area contributed by atoms with Gasteiger partial charge in [0, 0.05) is 13.2 Å². The van der Waals surface area contributed by atoms with Crippen LogP contribution >= 0.6 is 0 Å². The fourth-order valence-corrected chi connectivity index (χ4v) is 0.656. The van der Waals surface area contributed by atoms with E-state index in [-0.39, 0.29) is 6.29 Å². The van der Waals surface area contributed by atoms with Gasteiger partial charge in [0.1, 0.15) is 6.79 Å². The number of hydrogen-bond acceptors (Lipinski definition) is 4. The maximum absolute atomic E-state index is 7.12. The lowest BCUT2D eigenvalue weighted by Crippen LogP contribution is -2.15. The summed E-state index contributed by atoms with van der Waals surface area (Å²) in [5.41, 5.74) is 0. The van der Waals surface area contributed by atoms with Gasteiger partial charge >= 0.3 is 0 Å². The second-order valence-electron chi connectivity index (χ2n) is 1.89. The number of aliphatic hydroxyl groups excluding tert-OH is 1. The molecule has 0 aromatic rings. The highest BCUT2D eigenvalue weighted by molar-refractivity contribution is 4.36. The molecule has 0 aromatic heterocycles. The lowest BCUT2D eigenvalue weighted by Gasteiger charge is -2.13. The smallest absolute Gasteiger partial charge is 0.157 e. The summed E-state index contributed by atoms with van der Waals surface area (Å²) < 4.78 is 10.4. The van der Waals surface area contributed by atoms with Crippen molar-refractivity contribution in [2.24, 2.45) is 0 Å². The molecule has 0 aliphatic rings. The highest BCUT2D eigenvalue weighted by Gasteiger charge is 2.01. The summed E-state index contributed by atoms with van der Waals surface area (Å²) >= 11 is 0. The minimum atomic E-state index is -0.750. The van der Waals surface area contributed by atoms with Gasteiger partial charge in [0.15, 0.2) is 6.29 Å². The van der Waals surface area contributed by atoms with Crippen LogP contribution in [-0.4, -0.2) is 36.5 Å². The molecule has 0 fully saturated rings. The molecule has 0 rings (SSSR count). The molecule has 0 spiro atoms. The van der Waals surface area contributed by atoms with Gasteiger partial charge in [-0.05, 0) is 20.3 Å². The molecular formula is C8H20O4. The summed E-state index contributed by atoms with van der Waals surface area (Å²) in [6, 6.07) is 0. The molecule has 0 aliphatic heterocycles. The zero-order valence-electron chi connectivity index (χ0n) is 8.12. The molecule has 0 aromatic carbocycles. The Hall–Kier alpha value is -0.160. The van der Waals surface area contributed by atoms with Crippen LogP contribution in [0.15, 0.2) is 0 Å². The van der Waals surface area contributed by atoms with E-state index in [0.717, 1.165) is 19.6 Å². The molecule has 0 radical (unpaired) electrons. The van der Waals surface area contributed by atoms with Crippen molar-refractivity contribution in [2.75, 3.05) is 20.0 Å². The third-order valence-electron chi connectivity index (χ3n) is 1.04. The zero-order valence-corrected chi connectivity index (χ0v) is 8.12. The van der Waals surface area contributed by atoms with E-state index < -0.39 is 6.79 Å². The maximum atomic E-state index is 7.12. The monoisotopic (exact) mass is 180 g/mol. The Balaban J connectivity index is 0. The van der Waals surface area contributed by atoms with E-state index in [2.05, 4.69) is 6.92 Å². The Morgan fingerprint density at radius 1 is 1.00 bits per heavy atom. The number of ether oxygens (including phenoxy) is 2. The van der Waals surface area contributed by atoms with Crippen molar-refractivity contribution in [3.05, 3.63) is 0 Å². The van der Waals surface area contributed by atoms with Crippen LogP contribution in [0.5, 0.6) is 0 Å². The summed E-state index contributed by atoms with van der Waals surface area (Å²) in [5, 5.41) is 14.2. The van der Waals surface area contributed by atoms with Crippen LogP contribution in [-0.2, 0) is 9.47 Å². The van der Waals surface area contributed by atoms with Crippen molar-refractivity contribution in [3.63, 3.8) is 0 Å². The van der Waals surface area contributed by atoms with E-state index in [1.54, 1.807) is 0 Å². The zero-order chi connectivity index (χ0) is 9.82. The highest BCUT2D eigenvalue weighted by atomic mass is 16.7. The largest absolute Gasteiger partial charge is 0.371 e. The van der Waals surface area contributed by atoms with E-state index in [9.17, 15) is 0 Å². The van der Waals surface area contributed by atoms with Crippen molar-refractivity contribution in [1.29, 1.82) is 0 Å². The van der Waals surface area contributed by atoms with Crippen molar-refractivity contribution in [2.45, 2.75) is 33.5 Å². The number of aliphatic hydroxyl groups is 2. The molecular weight excluding hydrogens is 160 g/mol. The molecule has 0 saturated heterocycles. The first-order chi connectivity index (χ1) is 5.76. The van der Waals surface area contributed by atoms with Gasteiger partial charge in [-0.2, -0.15) is 0 Å². The fraction of sp³-hybridized carbons (Fsp3) is 1.00. The molecule has 12 heavy (non-hydrogen) atoms. The van der Waals surface area contributed by atoms with E-state index in [1.807, 2.05) is 13.8 Å². The normalized spacial score (nSPS) is 9.50. The Morgan fingerprint density at radius 3 is 1.50 bits per heavy atom. The summed E-state index contributed by atoms with van der Waals surface area (Å²) in [5.74, 6) is 0. The molecule has 0 unspecified atom stereocenters. The van der Waals surface area contributed by atoms with Crippen LogP contribution in [0.1, 0.15) is 27.2 Å². The first kappa shape index (κ1) is 14.4. The molecule has 0 aliphatic carbocycles. The van der Waals surface area contributed by atoms with Crippen LogP contribution in [0.2, 0.25) is 0 Å². The van der Waals surface area contributed by atoms with Crippen LogP contribution < -0.4 is 0 Å². The average Bonchev–Trinajstić information content (AvgIpc) is 2.05. The molecule has 0 atom stereocenters. The maximum Gasteiger partial charge on any atom is 0.157 e. The van der Waals surface area contributed by atoms with Crippen LogP contribution in [0.25, 0.3) is 0 Å². The SMILES string of the molecule is CCOC(CC)OCC.OCO. The average molecular weight is 180 g/mol. The number of hydrogen-bond donors (Lipinski definition) is 2. The minimum absolute atomic E-state index is 0.0139. The van der Waals surface area contributed by atoms with Crippen molar-refractivity contribution in [3.8, 4) is 0 Å². The second kappa shape index (κ2) is 13.4. The van der Waals surface area contributed by atoms with Crippen molar-refractivity contribution in [1.82, 2.24) is 0 Å². The van der Waals surface area contributed by atoms with Gasteiger partial charge in [-0.3, -0.25) is 0 Å². The Bertz CT molecular complexity index is 62.1. The third kappa shape index (κ3) is 12.5. The van der Waals surface area contributed by atoms with Gasteiger partial charge in [0.25, 0.3) is 0 Å². The van der Waals surface area contributed by atoms with Gasteiger partial charge in [-0.1, -0.05) is 6.92 Å². The summed E-state index contributed by atoms with van der Waals surface area (Å²) in [4.78, 5) is 0. The van der Waals surface area contributed by atoms with E-state index in [1.165, 1.54) is 0 Å². The van der Waals surface area contributed by atoms with E-state index in [0.29, 0.717) is 0 Å². The second-order valence-corrected chi connectivity index (χ2v) is 1.89. The summed E-state index contributed by atoms with van der Waals surface area (Å²) in [6.07, 6.45) is 0.946. The molecule has 4 heteroatoms. The molecule has 2 N–H and O–H groups in total. The fourth-order valence-electron chi connectivity index (χ4n) is 0.656. The molecule has 76 valence electrons. The van der Waals surface area contributed by atoms with Gasteiger partial charge < -0.3 is 19.7 Å². The molecule has 0 heterocycles. The highest BCUT2D eigenvalue weighted by Crippen LogP contribution is 1.98. The topological polar surface area (TPSA) is 58.9 Å². The van der Waals surface area contributed by atoms with Gasteiger partial charge in [0.2, 0.25) is 0 Å². The van der Waals surface area contributed by atoms with Crippen molar-refractivity contribution >= 4 is 0 Å². The molecule has 0 saturated carbocycles. The standard InChI is InChI=1S/C7H16O2.CH4O2/c1-4-7(8-5-2)9-6-3;2-1-3/h7H,4-6H2,1-3H3;2-3H,1H2. The van der Waals surface area contributed by atoms with Crippen LogP contribution in [0.3, 0.4) is 0 Å². The van der Waals surface area contributed by atoms with E-state index >= 15 is 0 Å².